The van der Waals surface area contributed by atoms with Crippen LogP contribution in [0.25, 0.3) is 0 Å². The van der Waals surface area contributed by atoms with Gasteiger partial charge in [0, 0.05) is 0 Å². The van der Waals surface area contributed by atoms with Crippen LogP contribution in [-0.2, 0) is 0 Å². The van der Waals surface area contributed by atoms with Crippen LogP contribution in [0.1, 0.15) is 38.5 Å². The largest absolute Gasteiger partial charge is 0.0955 e. The lowest BCUT2D eigenvalue weighted by Gasteiger charge is -2.25. The van der Waals surface area contributed by atoms with Gasteiger partial charge in [0.2, 0.25) is 0 Å². The molecular weight excluding hydrogens is 156 g/mol. The highest BCUT2D eigenvalue weighted by molar-refractivity contribution is 5.33. The van der Waals surface area contributed by atoms with Gasteiger partial charge in [0.1, 0.15) is 0 Å². The maximum Gasteiger partial charge on any atom is -0.00671 e. The number of hydrogen-bond donors (Lipinski definition) is 0. The predicted octanol–water partition coefficient (Wildman–Crippen LogP) is 4.01. The molecule has 0 amide bonds. The third-order valence-electron chi connectivity index (χ3n) is 3.20. The average Bonchev–Trinajstić information content (AvgIpc) is 2.19. The molecule has 0 saturated heterocycles. The number of rotatable bonds is 1. The Morgan fingerprint density at radius 1 is 1.15 bits per heavy atom. The van der Waals surface area contributed by atoms with E-state index in [0.717, 1.165) is 12.3 Å². The van der Waals surface area contributed by atoms with Gasteiger partial charge >= 0.3 is 0 Å². The summed E-state index contributed by atoms with van der Waals surface area (Å²) in [4.78, 5) is 0. The van der Waals surface area contributed by atoms with Gasteiger partial charge in [-0.1, -0.05) is 55.2 Å². The first kappa shape index (κ1) is 8.80. The van der Waals surface area contributed by atoms with E-state index in [0.29, 0.717) is 0 Å². The lowest BCUT2D eigenvalue weighted by molar-refractivity contribution is 0.398. The van der Waals surface area contributed by atoms with Crippen molar-refractivity contribution in [2.45, 2.75) is 38.5 Å². The summed E-state index contributed by atoms with van der Waals surface area (Å²) < 4.78 is 0. The molecule has 0 bridgehead atoms. The van der Waals surface area contributed by atoms with Crippen LogP contribution in [-0.4, -0.2) is 0 Å². The first-order valence-electron chi connectivity index (χ1n) is 5.41. The highest BCUT2D eigenvalue weighted by atomic mass is 14.2. The van der Waals surface area contributed by atoms with Crippen molar-refractivity contribution >= 4 is 0 Å². The van der Waals surface area contributed by atoms with Crippen LogP contribution in [0.5, 0.6) is 0 Å². The second-order valence-electron chi connectivity index (χ2n) is 4.27. The molecule has 0 spiro atoms. The van der Waals surface area contributed by atoms with Crippen LogP contribution in [0, 0.1) is 5.92 Å². The van der Waals surface area contributed by atoms with E-state index < -0.39 is 0 Å². The second-order valence-corrected chi connectivity index (χ2v) is 4.27. The van der Waals surface area contributed by atoms with Crippen molar-refractivity contribution in [3.05, 3.63) is 36.0 Å². The van der Waals surface area contributed by atoms with Crippen molar-refractivity contribution in [2.24, 2.45) is 5.92 Å². The van der Waals surface area contributed by atoms with Gasteiger partial charge in [0.15, 0.2) is 0 Å². The lowest BCUT2D eigenvalue weighted by atomic mass is 9.80. The first-order valence-corrected chi connectivity index (χ1v) is 5.41. The Balaban J connectivity index is 2.02. The van der Waals surface area contributed by atoms with Gasteiger partial charge in [0.25, 0.3) is 0 Å². The normalized spacial score (nSPS) is 24.6. The quantitative estimate of drug-likeness (QED) is 0.563. The minimum atomic E-state index is 0.871. The van der Waals surface area contributed by atoms with Gasteiger partial charge in [-0.2, -0.15) is 0 Å². The van der Waals surface area contributed by atoms with Gasteiger partial charge in [-0.05, 0) is 25.2 Å². The fourth-order valence-electron chi connectivity index (χ4n) is 2.44. The summed E-state index contributed by atoms with van der Waals surface area (Å²) in [5, 5.41) is 0. The van der Waals surface area contributed by atoms with E-state index in [1.54, 1.807) is 5.57 Å². The van der Waals surface area contributed by atoms with Crippen LogP contribution < -0.4 is 0 Å². The van der Waals surface area contributed by atoms with Crippen molar-refractivity contribution < 1.29 is 0 Å². The molecule has 0 aromatic heterocycles. The average molecular weight is 174 g/mol. The standard InChI is InChI=1S/C13H18/c1-11-6-5-9-13(10-11)12-7-3-2-4-8-12/h5-6,9,12H,1-4,7-8,10H2. The van der Waals surface area contributed by atoms with Gasteiger partial charge in [-0.3, -0.25) is 0 Å². The topological polar surface area (TPSA) is 0 Å². The van der Waals surface area contributed by atoms with Gasteiger partial charge in [-0.15, -0.1) is 0 Å². The zero-order valence-electron chi connectivity index (χ0n) is 8.26. The third-order valence-corrected chi connectivity index (χ3v) is 3.20. The molecule has 0 aromatic rings. The van der Waals surface area contributed by atoms with E-state index in [4.69, 9.17) is 0 Å². The number of hydrogen-bond acceptors (Lipinski definition) is 0. The molecule has 0 N–H and O–H groups in total. The second kappa shape index (κ2) is 3.95. The molecule has 2 aliphatic carbocycles. The highest BCUT2D eigenvalue weighted by Crippen LogP contribution is 2.34. The monoisotopic (exact) mass is 174 g/mol. The molecule has 0 aromatic carbocycles. The maximum atomic E-state index is 4.03. The molecule has 0 aliphatic heterocycles. The Morgan fingerprint density at radius 2 is 1.92 bits per heavy atom. The van der Waals surface area contributed by atoms with Crippen LogP contribution in [0.3, 0.4) is 0 Å². The molecule has 0 unspecified atom stereocenters. The summed E-state index contributed by atoms with van der Waals surface area (Å²) in [5.41, 5.74) is 2.91. The fraction of sp³-hybridized carbons (Fsp3) is 0.538. The molecule has 70 valence electrons. The Kier molecular flexibility index (Phi) is 2.68. The van der Waals surface area contributed by atoms with E-state index in [9.17, 15) is 0 Å². The smallest absolute Gasteiger partial charge is 0.00671 e. The molecule has 0 atom stereocenters. The van der Waals surface area contributed by atoms with E-state index in [1.165, 1.54) is 37.7 Å². The molecule has 2 aliphatic rings. The minimum absolute atomic E-state index is 0.871. The van der Waals surface area contributed by atoms with Gasteiger partial charge in [-0.25, -0.2) is 0 Å². The lowest BCUT2D eigenvalue weighted by Crippen LogP contribution is -2.10. The predicted molar refractivity (Wildman–Crippen MR) is 57.6 cm³/mol. The van der Waals surface area contributed by atoms with Crippen LogP contribution in [0.4, 0.5) is 0 Å². The Labute approximate surface area is 81.0 Å². The Bertz CT molecular complexity index is 249. The number of allylic oxidation sites excluding steroid dienone is 5. The summed E-state index contributed by atoms with van der Waals surface area (Å²) in [6.45, 7) is 4.03. The first-order chi connectivity index (χ1) is 6.36. The van der Waals surface area contributed by atoms with Gasteiger partial charge < -0.3 is 0 Å². The van der Waals surface area contributed by atoms with Crippen molar-refractivity contribution in [2.75, 3.05) is 0 Å². The molecule has 0 nitrogen and oxygen atoms in total. The van der Waals surface area contributed by atoms with Gasteiger partial charge in [0.05, 0.1) is 0 Å². The Hall–Kier alpha value is -0.780. The molecule has 0 heteroatoms. The highest BCUT2D eigenvalue weighted by Gasteiger charge is 2.18. The zero-order valence-corrected chi connectivity index (χ0v) is 8.26. The molecule has 13 heavy (non-hydrogen) atoms. The van der Waals surface area contributed by atoms with E-state index in [1.807, 2.05) is 0 Å². The Morgan fingerprint density at radius 3 is 2.62 bits per heavy atom. The van der Waals surface area contributed by atoms with Crippen LogP contribution in [0.15, 0.2) is 36.0 Å². The summed E-state index contributed by atoms with van der Waals surface area (Å²) in [7, 11) is 0. The van der Waals surface area contributed by atoms with Crippen molar-refractivity contribution in [3.63, 3.8) is 0 Å². The van der Waals surface area contributed by atoms with E-state index >= 15 is 0 Å². The molecule has 1 saturated carbocycles. The SMILES string of the molecule is C=C1C=CC=C(C2CCCCC2)C1. The summed E-state index contributed by atoms with van der Waals surface area (Å²) >= 11 is 0. The summed E-state index contributed by atoms with van der Waals surface area (Å²) in [6.07, 6.45) is 14.9. The fourth-order valence-corrected chi connectivity index (χ4v) is 2.44. The molecule has 0 radical (unpaired) electrons. The minimum Gasteiger partial charge on any atom is -0.0955 e. The van der Waals surface area contributed by atoms with Crippen molar-refractivity contribution in [3.8, 4) is 0 Å². The van der Waals surface area contributed by atoms with Crippen LogP contribution in [0.2, 0.25) is 0 Å². The summed E-state index contributed by atoms with van der Waals surface area (Å²) in [6, 6.07) is 0. The van der Waals surface area contributed by atoms with Crippen molar-refractivity contribution in [1.82, 2.24) is 0 Å². The molecule has 1 fully saturated rings. The molecule has 0 heterocycles. The molecule has 2 rings (SSSR count). The van der Waals surface area contributed by atoms with Crippen LogP contribution >= 0.6 is 0 Å². The molecular formula is C13H18. The maximum absolute atomic E-state index is 4.03. The third kappa shape index (κ3) is 2.12. The van der Waals surface area contributed by atoms with Crippen molar-refractivity contribution in [1.29, 1.82) is 0 Å². The summed E-state index contributed by atoms with van der Waals surface area (Å²) in [5.74, 6) is 0.871. The zero-order chi connectivity index (χ0) is 9.10. The van der Waals surface area contributed by atoms with E-state index in [2.05, 4.69) is 24.8 Å². The van der Waals surface area contributed by atoms with E-state index in [-0.39, 0.29) is 0 Å².